The Kier molecular flexibility index (Phi) is 6.64. The Morgan fingerprint density at radius 1 is 1.21 bits per heavy atom. The van der Waals surface area contributed by atoms with E-state index in [1.54, 1.807) is 18.4 Å². The third-order valence-electron chi connectivity index (χ3n) is 6.88. The predicted octanol–water partition coefficient (Wildman–Crippen LogP) is 5.58. The fourth-order valence-electron chi connectivity index (χ4n) is 4.99. The molecule has 2 N–H and O–H groups in total. The number of anilines is 4. The van der Waals surface area contributed by atoms with Gasteiger partial charge in [0, 0.05) is 42.8 Å². The molecule has 1 amide bonds. The number of hydrogen-bond acceptors (Lipinski definition) is 8. The molecule has 1 fully saturated rings. The molecule has 10 heteroatoms. The highest BCUT2D eigenvalue weighted by Gasteiger charge is 2.27. The van der Waals surface area contributed by atoms with E-state index in [0.29, 0.717) is 43.7 Å². The van der Waals surface area contributed by atoms with E-state index in [9.17, 15) is 4.79 Å². The molecule has 0 bridgehead atoms. The van der Waals surface area contributed by atoms with Crippen molar-refractivity contribution in [2.24, 2.45) is 0 Å². The maximum Gasteiger partial charge on any atom is 0.247 e. The Morgan fingerprint density at radius 2 is 2.03 bits per heavy atom. The molecule has 0 atom stereocenters. The van der Waals surface area contributed by atoms with Gasteiger partial charge >= 0.3 is 0 Å². The molecular weight excluding hydrogens is 512 g/mol. The summed E-state index contributed by atoms with van der Waals surface area (Å²) in [4.78, 5) is 29.9. The zero-order valence-corrected chi connectivity index (χ0v) is 22.5. The molecule has 4 heterocycles. The molecule has 2 aromatic carbocycles. The normalized spacial score (nSPS) is 13.5. The van der Waals surface area contributed by atoms with Crippen molar-refractivity contribution in [3.63, 3.8) is 0 Å². The van der Waals surface area contributed by atoms with Crippen LogP contribution in [0.5, 0.6) is 5.75 Å². The molecule has 0 aliphatic carbocycles. The number of amides is 1. The van der Waals surface area contributed by atoms with Crippen LogP contribution in [0.1, 0.15) is 0 Å². The molecule has 5 aromatic rings. The van der Waals surface area contributed by atoms with E-state index in [2.05, 4.69) is 33.9 Å². The zero-order chi connectivity index (χ0) is 26.9. The number of carbonyl (C=O) groups is 1. The van der Waals surface area contributed by atoms with Crippen molar-refractivity contribution in [1.82, 2.24) is 15.0 Å². The van der Waals surface area contributed by atoms with E-state index in [-0.39, 0.29) is 5.91 Å². The number of aromatic nitrogens is 3. The lowest BCUT2D eigenvalue weighted by molar-refractivity contribution is -0.111. The number of ether oxygens (including phenoxy) is 2. The van der Waals surface area contributed by atoms with Gasteiger partial charge in [0.2, 0.25) is 11.9 Å². The Balaban J connectivity index is 1.55. The number of morpholine rings is 1. The van der Waals surface area contributed by atoms with Gasteiger partial charge in [-0.25, -0.2) is 9.97 Å². The van der Waals surface area contributed by atoms with E-state index in [4.69, 9.17) is 19.4 Å². The summed E-state index contributed by atoms with van der Waals surface area (Å²) in [6.07, 6.45) is 3.26. The minimum Gasteiger partial charge on any atom is -0.494 e. The van der Waals surface area contributed by atoms with Crippen LogP contribution in [0.25, 0.3) is 32.4 Å². The monoisotopic (exact) mass is 540 g/mol. The minimum atomic E-state index is -0.291. The van der Waals surface area contributed by atoms with Gasteiger partial charge < -0.3 is 29.6 Å². The van der Waals surface area contributed by atoms with Gasteiger partial charge in [-0.3, -0.25) is 4.79 Å². The van der Waals surface area contributed by atoms with Gasteiger partial charge in [-0.2, -0.15) is 0 Å². The third-order valence-corrected chi connectivity index (χ3v) is 7.79. The molecule has 6 rings (SSSR count). The second-order valence-corrected chi connectivity index (χ2v) is 10.0. The maximum atomic E-state index is 12.4. The van der Waals surface area contributed by atoms with Crippen molar-refractivity contribution in [2.75, 3.05) is 55.6 Å². The summed E-state index contributed by atoms with van der Waals surface area (Å²) >= 11 is 1.62. The molecule has 9 nitrogen and oxygen atoms in total. The number of carbonyl (C=O) groups excluding carboxylic acids is 1. The topological polar surface area (TPSA) is 95.6 Å². The van der Waals surface area contributed by atoms with Crippen molar-refractivity contribution < 1.29 is 14.3 Å². The largest absolute Gasteiger partial charge is 0.494 e. The van der Waals surface area contributed by atoms with Gasteiger partial charge in [0.05, 0.1) is 47.6 Å². The molecule has 1 aliphatic heterocycles. The first-order valence-electron chi connectivity index (χ1n) is 12.6. The average Bonchev–Trinajstić information content (AvgIpc) is 3.64. The molecule has 1 saturated heterocycles. The van der Waals surface area contributed by atoms with Crippen LogP contribution in [0, 0.1) is 0 Å². The lowest BCUT2D eigenvalue weighted by atomic mass is 10.1. The Labute approximate surface area is 229 Å². The standard InChI is InChI=1S/C29H28N6O3S/c1-4-24(36)31-21-9-10-23(37-3)27(26(21)35-12-14-38-15-13-35)34(2)29-32-22-11-16-39-28(22)25(33-29)19-17-30-20-8-6-5-7-18(19)20/h4-11,16-17,30H,1,12-15H2,2-3H3,(H,31,36). The molecule has 0 unspecified atom stereocenters. The quantitative estimate of drug-likeness (QED) is 0.260. The van der Waals surface area contributed by atoms with E-state index in [0.717, 1.165) is 43.8 Å². The Morgan fingerprint density at radius 3 is 2.82 bits per heavy atom. The Bertz CT molecular complexity index is 1690. The molecular formula is C29H28N6O3S. The van der Waals surface area contributed by atoms with E-state index in [1.807, 2.05) is 53.9 Å². The van der Waals surface area contributed by atoms with E-state index >= 15 is 0 Å². The first-order valence-corrected chi connectivity index (χ1v) is 13.5. The van der Waals surface area contributed by atoms with Crippen LogP contribution < -0.4 is 19.9 Å². The minimum absolute atomic E-state index is 0.291. The van der Waals surface area contributed by atoms with Gasteiger partial charge in [0.15, 0.2) is 0 Å². The number of hydrogen-bond donors (Lipinski definition) is 2. The summed E-state index contributed by atoms with van der Waals surface area (Å²) in [6.45, 7) is 6.10. The van der Waals surface area contributed by atoms with Crippen LogP contribution in [0.4, 0.5) is 23.0 Å². The highest BCUT2D eigenvalue weighted by molar-refractivity contribution is 7.17. The number of nitrogens with zero attached hydrogens (tertiary/aromatic N) is 4. The van der Waals surface area contributed by atoms with Crippen LogP contribution in [-0.4, -0.2) is 61.3 Å². The van der Waals surface area contributed by atoms with Crippen molar-refractivity contribution in [2.45, 2.75) is 0 Å². The van der Waals surface area contributed by atoms with E-state index < -0.39 is 0 Å². The average molecular weight is 541 g/mol. The highest BCUT2D eigenvalue weighted by Crippen LogP contribution is 2.46. The fraction of sp³-hybridized carbons (Fsp3) is 0.207. The van der Waals surface area contributed by atoms with Gasteiger partial charge in [0.25, 0.3) is 0 Å². The second-order valence-electron chi connectivity index (χ2n) is 9.12. The Hall–Kier alpha value is -4.41. The van der Waals surface area contributed by atoms with Crippen molar-refractivity contribution >= 4 is 61.4 Å². The SMILES string of the molecule is C=CC(=O)Nc1ccc(OC)c(N(C)c2nc(-c3c[nH]c4ccccc34)c3sccc3n2)c1N1CCOCC1. The van der Waals surface area contributed by atoms with Crippen LogP contribution in [0.15, 0.2) is 66.7 Å². The summed E-state index contributed by atoms with van der Waals surface area (Å²) in [5.74, 6) is 0.861. The van der Waals surface area contributed by atoms with Gasteiger partial charge in [-0.15, -0.1) is 11.3 Å². The van der Waals surface area contributed by atoms with Crippen LogP contribution in [0.3, 0.4) is 0 Å². The van der Waals surface area contributed by atoms with Crippen molar-refractivity contribution in [3.05, 3.63) is 66.7 Å². The van der Waals surface area contributed by atoms with Gasteiger partial charge in [0.1, 0.15) is 11.4 Å². The predicted molar refractivity (Wildman–Crippen MR) is 158 cm³/mol. The number of aromatic amines is 1. The summed E-state index contributed by atoms with van der Waals surface area (Å²) in [6, 6.07) is 13.9. The highest BCUT2D eigenvalue weighted by atomic mass is 32.1. The van der Waals surface area contributed by atoms with Crippen LogP contribution in [-0.2, 0) is 9.53 Å². The smallest absolute Gasteiger partial charge is 0.247 e. The lowest BCUT2D eigenvalue weighted by Gasteiger charge is -2.35. The number of methoxy groups -OCH3 is 1. The molecule has 3 aromatic heterocycles. The van der Waals surface area contributed by atoms with E-state index in [1.165, 1.54) is 6.08 Å². The number of benzene rings is 2. The number of thiophene rings is 1. The number of nitrogens with one attached hydrogen (secondary N) is 2. The number of fused-ring (bicyclic) bond motifs is 2. The molecule has 198 valence electrons. The maximum absolute atomic E-state index is 12.4. The molecule has 39 heavy (non-hydrogen) atoms. The van der Waals surface area contributed by atoms with Crippen LogP contribution in [0.2, 0.25) is 0 Å². The summed E-state index contributed by atoms with van der Waals surface area (Å²) in [7, 11) is 3.56. The lowest BCUT2D eigenvalue weighted by Crippen LogP contribution is -2.37. The zero-order valence-electron chi connectivity index (χ0n) is 21.7. The molecule has 0 spiro atoms. The van der Waals surface area contributed by atoms with Crippen molar-refractivity contribution in [1.29, 1.82) is 0 Å². The number of para-hydroxylation sites is 1. The fourth-order valence-corrected chi connectivity index (χ4v) is 5.83. The molecule has 0 saturated carbocycles. The summed E-state index contributed by atoms with van der Waals surface area (Å²) in [5.41, 5.74) is 6.00. The summed E-state index contributed by atoms with van der Waals surface area (Å²) in [5, 5.41) is 6.10. The van der Waals surface area contributed by atoms with Gasteiger partial charge in [-0.05, 0) is 35.7 Å². The number of rotatable bonds is 7. The summed E-state index contributed by atoms with van der Waals surface area (Å²) < 4.78 is 12.5. The second kappa shape index (κ2) is 10.4. The first-order chi connectivity index (χ1) is 19.1. The van der Waals surface area contributed by atoms with Crippen LogP contribution >= 0.6 is 11.3 Å². The molecule has 0 radical (unpaired) electrons. The van der Waals surface area contributed by atoms with Crippen molar-refractivity contribution in [3.8, 4) is 17.0 Å². The molecule has 1 aliphatic rings. The number of H-pyrrole nitrogens is 1. The van der Waals surface area contributed by atoms with Gasteiger partial charge in [-0.1, -0.05) is 24.8 Å². The third kappa shape index (κ3) is 4.47. The first kappa shape index (κ1) is 24.9.